The lowest BCUT2D eigenvalue weighted by molar-refractivity contribution is -0.137. The predicted octanol–water partition coefficient (Wildman–Crippen LogP) is 4.86. The second-order valence-corrected chi connectivity index (χ2v) is 6.28. The lowest BCUT2D eigenvalue weighted by Crippen LogP contribution is -2.06. The van der Waals surface area contributed by atoms with Gasteiger partial charge >= 0.3 is 6.18 Å². The highest BCUT2D eigenvalue weighted by atomic mass is 19.4. The lowest BCUT2D eigenvalue weighted by Gasteiger charge is -2.13. The van der Waals surface area contributed by atoms with Crippen LogP contribution >= 0.6 is 0 Å². The minimum Gasteiger partial charge on any atom is -0.507 e. The van der Waals surface area contributed by atoms with E-state index in [0.717, 1.165) is 12.3 Å². The minimum absolute atomic E-state index is 0.0718. The Labute approximate surface area is 163 Å². The van der Waals surface area contributed by atoms with E-state index >= 15 is 0 Å². The molecule has 0 saturated carbocycles. The first-order valence-corrected chi connectivity index (χ1v) is 8.53. The zero-order valence-corrected chi connectivity index (χ0v) is 15.1. The van der Waals surface area contributed by atoms with Crippen molar-refractivity contribution in [3.8, 4) is 17.0 Å². The molecule has 0 aliphatic heterocycles. The summed E-state index contributed by atoms with van der Waals surface area (Å²) in [7, 11) is 0. The number of rotatable bonds is 3. The van der Waals surface area contributed by atoms with Crippen LogP contribution in [0, 0.1) is 6.92 Å². The number of pyridine rings is 2. The third-order valence-corrected chi connectivity index (χ3v) is 4.42. The largest absolute Gasteiger partial charge is 0.507 e. The van der Waals surface area contributed by atoms with Crippen LogP contribution in [0.25, 0.3) is 22.2 Å². The van der Waals surface area contributed by atoms with Crippen LogP contribution in [0.15, 0.2) is 55.1 Å². The van der Waals surface area contributed by atoms with E-state index in [1.165, 1.54) is 24.7 Å². The summed E-state index contributed by atoms with van der Waals surface area (Å²) < 4.78 is 38.1. The van der Waals surface area contributed by atoms with E-state index in [4.69, 9.17) is 0 Å². The monoisotopic (exact) mass is 397 g/mol. The van der Waals surface area contributed by atoms with Gasteiger partial charge in [-0.05, 0) is 31.2 Å². The topological polar surface area (TPSA) is 83.8 Å². The number of hydrogen-bond acceptors (Lipinski definition) is 6. The summed E-state index contributed by atoms with van der Waals surface area (Å²) in [5.41, 5.74) is 1.64. The van der Waals surface area contributed by atoms with Crippen LogP contribution in [0.4, 0.5) is 24.8 Å². The van der Waals surface area contributed by atoms with Crippen molar-refractivity contribution in [2.24, 2.45) is 0 Å². The fourth-order valence-corrected chi connectivity index (χ4v) is 2.99. The molecule has 2 N–H and O–H groups in total. The van der Waals surface area contributed by atoms with E-state index in [0.29, 0.717) is 33.5 Å². The standard InChI is InChI=1S/C20H14F3N5O/c1-11-18(13-3-2-4-14-17(13)15(29)7-8-24-14)26-10-27-19(11)28-16-6-5-12(9-25-16)20(21,22)23/h2-10H,1H3,(H,24,29)(H,25,26,27,28). The number of benzene rings is 1. The zero-order chi connectivity index (χ0) is 20.6. The number of fused-ring (bicyclic) bond motifs is 1. The molecule has 29 heavy (non-hydrogen) atoms. The Morgan fingerprint density at radius 2 is 1.79 bits per heavy atom. The van der Waals surface area contributed by atoms with Crippen LogP contribution in [0.1, 0.15) is 11.1 Å². The van der Waals surface area contributed by atoms with Gasteiger partial charge in [0.2, 0.25) is 0 Å². The number of nitrogens with zero attached hydrogens (tertiary/aromatic N) is 4. The predicted molar refractivity (Wildman–Crippen MR) is 102 cm³/mol. The van der Waals surface area contributed by atoms with Gasteiger partial charge in [0.05, 0.1) is 22.2 Å². The third kappa shape index (κ3) is 3.54. The van der Waals surface area contributed by atoms with Crippen LogP contribution < -0.4 is 5.32 Å². The maximum Gasteiger partial charge on any atom is 0.417 e. The highest BCUT2D eigenvalue weighted by molar-refractivity contribution is 5.98. The zero-order valence-electron chi connectivity index (χ0n) is 15.1. The van der Waals surface area contributed by atoms with Crippen molar-refractivity contribution >= 4 is 22.5 Å². The molecule has 9 heteroatoms. The first-order valence-electron chi connectivity index (χ1n) is 8.53. The maximum atomic E-state index is 12.7. The Morgan fingerprint density at radius 3 is 2.52 bits per heavy atom. The lowest BCUT2D eigenvalue weighted by atomic mass is 10.0. The van der Waals surface area contributed by atoms with Crippen LogP contribution in [0.5, 0.6) is 5.75 Å². The Balaban J connectivity index is 1.74. The van der Waals surface area contributed by atoms with E-state index in [1.54, 1.807) is 25.1 Å². The Bertz CT molecular complexity index is 1190. The van der Waals surface area contributed by atoms with Crippen LogP contribution in [-0.4, -0.2) is 25.0 Å². The summed E-state index contributed by atoms with van der Waals surface area (Å²) in [5, 5.41) is 13.8. The molecule has 4 aromatic rings. The van der Waals surface area contributed by atoms with Crippen LogP contribution in [0.2, 0.25) is 0 Å². The number of nitrogens with one attached hydrogen (secondary N) is 1. The second-order valence-electron chi connectivity index (χ2n) is 6.28. The van der Waals surface area contributed by atoms with Gasteiger partial charge in [0.25, 0.3) is 0 Å². The molecule has 0 bridgehead atoms. The summed E-state index contributed by atoms with van der Waals surface area (Å²) in [6, 6.07) is 9.06. The molecule has 0 fully saturated rings. The molecule has 0 atom stereocenters. The van der Waals surface area contributed by atoms with Gasteiger partial charge in [-0.15, -0.1) is 0 Å². The highest BCUT2D eigenvalue weighted by Gasteiger charge is 2.30. The Morgan fingerprint density at radius 1 is 0.966 bits per heavy atom. The number of aromatic nitrogens is 4. The minimum atomic E-state index is -4.45. The maximum absolute atomic E-state index is 12.7. The second kappa shape index (κ2) is 7.01. The molecule has 0 aliphatic carbocycles. The number of alkyl halides is 3. The van der Waals surface area contributed by atoms with Crippen molar-refractivity contribution in [3.63, 3.8) is 0 Å². The molecule has 0 saturated heterocycles. The van der Waals surface area contributed by atoms with E-state index in [2.05, 4.69) is 25.3 Å². The Hall–Kier alpha value is -3.75. The van der Waals surface area contributed by atoms with Crippen molar-refractivity contribution in [3.05, 3.63) is 66.2 Å². The molecule has 0 amide bonds. The van der Waals surface area contributed by atoms with Gasteiger partial charge in [-0.1, -0.05) is 12.1 Å². The smallest absolute Gasteiger partial charge is 0.417 e. The summed E-state index contributed by atoms with van der Waals surface area (Å²) in [6.07, 6.45) is -0.847. The van der Waals surface area contributed by atoms with Gasteiger partial charge in [-0.25, -0.2) is 15.0 Å². The van der Waals surface area contributed by atoms with Crippen molar-refractivity contribution < 1.29 is 18.3 Å². The summed E-state index contributed by atoms with van der Waals surface area (Å²) in [4.78, 5) is 16.6. The van der Waals surface area contributed by atoms with Crippen molar-refractivity contribution in [2.45, 2.75) is 13.1 Å². The van der Waals surface area contributed by atoms with Crippen molar-refractivity contribution in [1.82, 2.24) is 19.9 Å². The first kappa shape index (κ1) is 18.6. The third-order valence-electron chi connectivity index (χ3n) is 4.42. The summed E-state index contributed by atoms with van der Waals surface area (Å²) in [6.45, 7) is 1.77. The molecule has 0 aliphatic rings. The average molecular weight is 397 g/mol. The fraction of sp³-hybridized carbons (Fsp3) is 0.100. The van der Waals surface area contributed by atoms with E-state index in [-0.39, 0.29) is 11.6 Å². The number of hydrogen-bond donors (Lipinski definition) is 2. The molecular weight excluding hydrogens is 383 g/mol. The van der Waals surface area contributed by atoms with E-state index in [9.17, 15) is 18.3 Å². The van der Waals surface area contributed by atoms with Gasteiger partial charge in [0.15, 0.2) is 0 Å². The molecule has 3 aromatic heterocycles. The molecule has 4 rings (SSSR count). The molecule has 146 valence electrons. The van der Waals surface area contributed by atoms with Crippen molar-refractivity contribution in [2.75, 3.05) is 5.32 Å². The van der Waals surface area contributed by atoms with Gasteiger partial charge in [0.1, 0.15) is 23.7 Å². The van der Waals surface area contributed by atoms with E-state index < -0.39 is 11.7 Å². The molecule has 1 aromatic carbocycles. The molecule has 0 spiro atoms. The summed E-state index contributed by atoms with van der Waals surface area (Å²) >= 11 is 0. The van der Waals surface area contributed by atoms with Gasteiger partial charge in [-0.2, -0.15) is 13.2 Å². The number of aromatic hydroxyl groups is 1. The van der Waals surface area contributed by atoms with Gasteiger partial charge in [0, 0.05) is 23.5 Å². The van der Waals surface area contributed by atoms with Gasteiger partial charge in [-0.3, -0.25) is 4.98 Å². The van der Waals surface area contributed by atoms with Crippen LogP contribution in [-0.2, 0) is 6.18 Å². The first-order chi connectivity index (χ1) is 13.8. The van der Waals surface area contributed by atoms with Gasteiger partial charge < -0.3 is 10.4 Å². The van der Waals surface area contributed by atoms with E-state index in [1.807, 2.05) is 0 Å². The molecule has 6 nitrogen and oxygen atoms in total. The number of anilines is 2. The number of halogens is 3. The molecule has 3 heterocycles. The molecular formula is C20H14F3N5O. The average Bonchev–Trinajstić information content (AvgIpc) is 2.69. The normalized spacial score (nSPS) is 11.6. The SMILES string of the molecule is Cc1c(Nc2ccc(C(F)(F)F)cn2)ncnc1-c1cccc2nccc(O)c12. The quantitative estimate of drug-likeness (QED) is 0.514. The molecule has 0 radical (unpaired) electrons. The summed E-state index contributed by atoms with van der Waals surface area (Å²) in [5.74, 6) is 0.679. The van der Waals surface area contributed by atoms with Crippen molar-refractivity contribution in [1.29, 1.82) is 0 Å². The fourth-order valence-electron chi connectivity index (χ4n) is 2.99. The highest BCUT2D eigenvalue weighted by Crippen LogP contribution is 2.35. The Kier molecular flexibility index (Phi) is 4.50. The van der Waals surface area contributed by atoms with Crippen LogP contribution in [0.3, 0.4) is 0 Å². The molecule has 0 unspecified atom stereocenters.